The van der Waals surface area contributed by atoms with Gasteiger partial charge in [0.1, 0.15) is 0 Å². The summed E-state index contributed by atoms with van der Waals surface area (Å²) in [5.41, 5.74) is 5.38. The highest BCUT2D eigenvalue weighted by Crippen LogP contribution is 2.24. The van der Waals surface area contributed by atoms with Crippen molar-refractivity contribution in [1.82, 2.24) is 4.98 Å². The lowest BCUT2D eigenvalue weighted by Gasteiger charge is -2.14. The number of fused-ring (bicyclic) bond motifs is 1. The van der Waals surface area contributed by atoms with Crippen LogP contribution in [0.5, 0.6) is 0 Å². The van der Waals surface area contributed by atoms with Crippen molar-refractivity contribution in [2.45, 2.75) is 40.0 Å². The van der Waals surface area contributed by atoms with Gasteiger partial charge in [0.25, 0.3) is 0 Å². The van der Waals surface area contributed by atoms with Crippen LogP contribution in [0.3, 0.4) is 0 Å². The summed E-state index contributed by atoms with van der Waals surface area (Å²) in [6, 6.07) is 8.49. The minimum atomic E-state index is 1.03. The third kappa shape index (κ3) is 1.71. The van der Waals surface area contributed by atoms with Crippen LogP contribution in [0.25, 0.3) is 10.9 Å². The van der Waals surface area contributed by atoms with E-state index >= 15 is 0 Å². The Balaban J connectivity index is 2.82. The third-order valence-corrected chi connectivity index (χ3v) is 3.24. The summed E-state index contributed by atoms with van der Waals surface area (Å²) in [6.45, 7) is 6.65. The van der Waals surface area contributed by atoms with E-state index in [0.717, 1.165) is 24.8 Å². The van der Waals surface area contributed by atoms with Crippen molar-refractivity contribution in [3.05, 3.63) is 41.1 Å². The van der Waals surface area contributed by atoms with Crippen LogP contribution in [0.4, 0.5) is 0 Å². The average molecular weight is 213 g/mol. The Hall–Kier alpha value is -1.37. The Morgan fingerprint density at radius 1 is 0.875 bits per heavy atom. The number of hydrogen-bond donors (Lipinski definition) is 0. The molecule has 0 spiro atoms. The topological polar surface area (TPSA) is 12.9 Å². The zero-order valence-corrected chi connectivity index (χ0v) is 10.4. The van der Waals surface area contributed by atoms with Crippen LogP contribution in [-0.2, 0) is 19.3 Å². The average Bonchev–Trinajstić information content (AvgIpc) is 2.36. The zero-order chi connectivity index (χ0) is 11.5. The molecule has 1 heteroatoms. The maximum Gasteiger partial charge on any atom is 0.0708 e. The molecule has 2 rings (SSSR count). The number of nitrogens with zero attached hydrogens (tertiary/aromatic N) is 1. The van der Waals surface area contributed by atoms with Gasteiger partial charge in [-0.15, -0.1) is 0 Å². The lowest BCUT2D eigenvalue weighted by atomic mass is 9.96. The molecule has 0 atom stereocenters. The van der Waals surface area contributed by atoms with Gasteiger partial charge in [-0.2, -0.15) is 0 Å². The van der Waals surface area contributed by atoms with Crippen molar-refractivity contribution in [1.29, 1.82) is 0 Å². The highest BCUT2D eigenvalue weighted by molar-refractivity contribution is 5.83. The molecule has 0 unspecified atom stereocenters. The Labute approximate surface area is 97.5 Å². The molecule has 0 aliphatic rings. The van der Waals surface area contributed by atoms with Crippen LogP contribution >= 0.6 is 0 Å². The van der Waals surface area contributed by atoms with Crippen molar-refractivity contribution in [3.63, 3.8) is 0 Å². The highest BCUT2D eigenvalue weighted by atomic mass is 14.7. The van der Waals surface area contributed by atoms with Crippen LogP contribution in [0, 0.1) is 0 Å². The molecule has 2 aromatic rings. The van der Waals surface area contributed by atoms with E-state index in [-0.39, 0.29) is 0 Å². The van der Waals surface area contributed by atoms with Gasteiger partial charge in [-0.25, -0.2) is 0 Å². The lowest BCUT2D eigenvalue weighted by molar-refractivity contribution is 0.947. The van der Waals surface area contributed by atoms with Crippen molar-refractivity contribution >= 4 is 10.9 Å². The monoisotopic (exact) mass is 213 g/mol. The van der Waals surface area contributed by atoms with Gasteiger partial charge in [0.05, 0.1) is 5.52 Å². The molecular formula is C15H19N. The van der Waals surface area contributed by atoms with Crippen molar-refractivity contribution in [2.75, 3.05) is 0 Å². The van der Waals surface area contributed by atoms with E-state index < -0.39 is 0 Å². The predicted molar refractivity (Wildman–Crippen MR) is 69.9 cm³/mol. The highest BCUT2D eigenvalue weighted by Gasteiger charge is 2.10. The molecule has 0 radical (unpaired) electrons. The van der Waals surface area contributed by atoms with E-state index in [4.69, 9.17) is 4.98 Å². The van der Waals surface area contributed by atoms with E-state index in [2.05, 4.69) is 45.0 Å². The second-order valence-electron chi connectivity index (χ2n) is 4.09. The summed E-state index contributed by atoms with van der Waals surface area (Å²) >= 11 is 0. The summed E-state index contributed by atoms with van der Waals surface area (Å²) in [7, 11) is 0. The molecule has 0 saturated carbocycles. The molecule has 0 aliphatic heterocycles. The maximum absolute atomic E-state index is 4.77. The van der Waals surface area contributed by atoms with E-state index in [1.54, 1.807) is 0 Å². The van der Waals surface area contributed by atoms with Gasteiger partial charge in [-0.05, 0) is 36.5 Å². The molecule has 1 aromatic carbocycles. The number of hydrogen-bond acceptors (Lipinski definition) is 1. The molecule has 1 aromatic heterocycles. The molecule has 1 heterocycles. The minimum absolute atomic E-state index is 1.03. The van der Waals surface area contributed by atoms with Gasteiger partial charge in [-0.1, -0.05) is 39.0 Å². The smallest absolute Gasteiger partial charge is 0.0708 e. The van der Waals surface area contributed by atoms with Crippen LogP contribution < -0.4 is 0 Å². The number of aromatic nitrogens is 1. The molecular weight excluding hydrogens is 194 g/mol. The number of benzene rings is 1. The van der Waals surface area contributed by atoms with E-state index in [1.165, 1.54) is 22.2 Å². The van der Waals surface area contributed by atoms with Crippen molar-refractivity contribution < 1.29 is 0 Å². The quantitative estimate of drug-likeness (QED) is 0.753. The third-order valence-electron chi connectivity index (χ3n) is 3.24. The Kier molecular flexibility index (Phi) is 3.23. The molecule has 0 aliphatic carbocycles. The Bertz CT molecular complexity index is 500. The van der Waals surface area contributed by atoms with Gasteiger partial charge in [0, 0.05) is 11.1 Å². The first-order chi connectivity index (χ1) is 7.81. The molecule has 0 N–H and O–H groups in total. The number of rotatable bonds is 3. The lowest BCUT2D eigenvalue weighted by Crippen LogP contribution is -2.02. The minimum Gasteiger partial charge on any atom is -0.253 e. The van der Waals surface area contributed by atoms with E-state index in [0.29, 0.717) is 0 Å². The van der Waals surface area contributed by atoms with Crippen LogP contribution in [0.2, 0.25) is 0 Å². The fourth-order valence-corrected chi connectivity index (χ4v) is 2.49. The first-order valence-corrected chi connectivity index (χ1v) is 6.21. The van der Waals surface area contributed by atoms with Gasteiger partial charge < -0.3 is 0 Å². The number of aryl methyl sites for hydroxylation is 2. The second-order valence-corrected chi connectivity index (χ2v) is 4.09. The van der Waals surface area contributed by atoms with Crippen molar-refractivity contribution in [3.8, 4) is 0 Å². The Morgan fingerprint density at radius 2 is 1.56 bits per heavy atom. The maximum atomic E-state index is 4.77. The predicted octanol–water partition coefficient (Wildman–Crippen LogP) is 3.92. The number of para-hydroxylation sites is 1. The van der Waals surface area contributed by atoms with Crippen LogP contribution in [0.15, 0.2) is 24.3 Å². The normalized spacial score (nSPS) is 10.9. The van der Waals surface area contributed by atoms with Crippen LogP contribution in [0.1, 0.15) is 37.6 Å². The molecule has 84 valence electrons. The first kappa shape index (κ1) is 11.1. The summed E-state index contributed by atoms with van der Waals surface area (Å²) < 4.78 is 0. The standard InChI is InChI=1S/C15H19N/c1-4-11-12(5-2)14(6-3)16-15-10-8-7-9-13(11)15/h7-10H,4-6H2,1-3H3. The van der Waals surface area contributed by atoms with Gasteiger partial charge in [0.2, 0.25) is 0 Å². The largest absolute Gasteiger partial charge is 0.253 e. The van der Waals surface area contributed by atoms with Gasteiger partial charge in [-0.3, -0.25) is 4.98 Å². The Morgan fingerprint density at radius 3 is 2.19 bits per heavy atom. The van der Waals surface area contributed by atoms with Gasteiger partial charge >= 0.3 is 0 Å². The fraction of sp³-hybridized carbons (Fsp3) is 0.400. The molecule has 0 saturated heterocycles. The summed E-state index contributed by atoms with van der Waals surface area (Å²) in [4.78, 5) is 4.77. The molecule has 16 heavy (non-hydrogen) atoms. The van der Waals surface area contributed by atoms with Crippen molar-refractivity contribution in [2.24, 2.45) is 0 Å². The first-order valence-electron chi connectivity index (χ1n) is 6.21. The van der Waals surface area contributed by atoms with Crippen LogP contribution in [-0.4, -0.2) is 4.98 Å². The molecule has 0 fully saturated rings. The SMILES string of the molecule is CCc1nc2ccccc2c(CC)c1CC. The van der Waals surface area contributed by atoms with Gasteiger partial charge in [0.15, 0.2) is 0 Å². The summed E-state index contributed by atoms with van der Waals surface area (Å²) in [6.07, 6.45) is 3.21. The number of pyridine rings is 1. The zero-order valence-electron chi connectivity index (χ0n) is 10.4. The van der Waals surface area contributed by atoms with E-state index in [1.807, 2.05) is 0 Å². The fourth-order valence-electron chi connectivity index (χ4n) is 2.49. The summed E-state index contributed by atoms with van der Waals surface area (Å²) in [5, 5.41) is 1.33. The molecule has 0 amide bonds. The molecule has 1 nitrogen and oxygen atoms in total. The summed E-state index contributed by atoms with van der Waals surface area (Å²) in [5.74, 6) is 0. The van der Waals surface area contributed by atoms with E-state index in [9.17, 15) is 0 Å². The molecule has 0 bridgehead atoms. The second kappa shape index (κ2) is 4.65.